The molecule has 0 aromatic carbocycles. The number of ether oxygens (including phenoxy) is 1. The predicted molar refractivity (Wildman–Crippen MR) is 73.6 cm³/mol. The molecule has 2 unspecified atom stereocenters. The average molecular weight is 266 g/mol. The standard InChI is InChI=1S/C15H26N2O2/c1-19-14(18)15(16)7-6-13(8-15)17(9-11-2-3-11)10-12-4-5-12/h11-13H,2-10,16H2,1H3. The Morgan fingerprint density at radius 3 is 2.26 bits per heavy atom. The fourth-order valence-corrected chi connectivity index (χ4v) is 3.39. The zero-order valence-corrected chi connectivity index (χ0v) is 11.9. The maximum Gasteiger partial charge on any atom is 0.325 e. The average Bonchev–Trinajstić information content (AvgIpc) is 3.31. The van der Waals surface area contributed by atoms with Gasteiger partial charge >= 0.3 is 5.97 Å². The van der Waals surface area contributed by atoms with Gasteiger partial charge in [0.25, 0.3) is 0 Å². The maximum absolute atomic E-state index is 11.8. The lowest BCUT2D eigenvalue weighted by molar-refractivity contribution is -0.147. The second-order valence-electron chi connectivity index (χ2n) is 6.88. The van der Waals surface area contributed by atoms with Crippen LogP contribution >= 0.6 is 0 Å². The zero-order chi connectivity index (χ0) is 13.5. The van der Waals surface area contributed by atoms with E-state index < -0.39 is 5.54 Å². The summed E-state index contributed by atoms with van der Waals surface area (Å²) in [6.07, 6.45) is 8.15. The normalized spacial score (nSPS) is 34.8. The van der Waals surface area contributed by atoms with Gasteiger partial charge in [0.15, 0.2) is 0 Å². The molecule has 4 nitrogen and oxygen atoms in total. The number of carbonyl (C=O) groups excluding carboxylic acids is 1. The van der Waals surface area contributed by atoms with Crippen molar-refractivity contribution in [1.29, 1.82) is 0 Å². The lowest BCUT2D eigenvalue weighted by Gasteiger charge is -2.30. The molecule has 2 N–H and O–H groups in total. The first-order valence-corrected chi connectivity index (χ1v) is 7.72. The lowest BCUT2D eigenvalue weighted by Crippen LogP contribution is -2.48. The number of nitrogens with zero attached hydrogens (tertiary/aromatic N) is 1. The van der Waals surface area contributed by atoms with E-state index in [4.69, 9.17) is 10.5 Å². The van der Waals surface area contributed by atoms with E-state index in [2.05, 4.69) is 4.90 Å². The quantitative estimate of drug-likeness (QED) is 0.741. The van der Waals surface area contributed by atoms with Crippen molar-refractivity contribution in [2.24, 2.45) is 17.6 Å². The Balaban J connectivity index is 1.60. The number of hydrogen-bond donors (Lipinski definition) is 1. The smallest absolute Gasteiger partial charge is 0.325 e. The van der Waals surface area contributed by atoms with Gasteiger partial charge in [-0.3, -0.25) is 9.69 Å². The summed E-state index contributed by atoms with van der Waals surface area (Å²) in [6, 6.07) is 0.491. The van der Waals surface area contributed by atoms with Crippen LogP contribution < -0.4 is 5.73 Å². The third-order valence-corrected chi connectivity index (χ3v) is 5.01. The molecule has 0 aliphatic heterocycles. The van der Waals surface area contributed by atoms with Gasteiger partial charge in [-0.1, -0.05) is 0 Å². The second kappa shape index (κ2) is 5.06. The highest BCUT2D eigenvalue weighted by molar-refractivity contribution is 5.81. The van der Waals surface area contributed by atoms with Crippen molar-refractivity contribution in [1.82, 2.24) is 4.90 Å². The van der Waals surface area contributed by atoms with Crippen LogP contribution in [0.1, 0.15) is 44.9 Å². The number of hydrogen-bond acceptors (Lipinski definition) is 4. The van der Waals surface area contributed by atoms with Gasteiger partial charge in [0, 0.05) is 19.1 Å². The molecule has 3 saturated carbocycles. The highest BCUT2D eigenvalue weighted by Crippen LogP contribution is 2.39. The number of esters is 1. The van der Waals surface area contributed by atoms with Crippen LogP contribution in [0.4, 0.5) is 0 Å². The van der Waals surface area contributed by atoms with Crippen LogP contribution in [0.25, 0.3) is 0 Å². The first kappa shape index (κ1) is 13.4. The van der Waals surface area contributed by atoms with E-state index in [1.807, 2.05) is 0 Å². The maximum atomic E-state index is 11.8. The molecular weight excluding hydrogens is 240 g/mol. The van der Waals surface area contributed by atoms with Crippen LogP contribution in [0.15, 0.2) is 0 Å². The van der Waals surface area contributed by atoms with Crippen LogP contribution in [-0.2, 0) is 9.53 Å². The van der Waals surface area contributed by atoms with E-state index in [1.54, 1.807) is 0 Å². The van der Waals surface area contributed by atoms with Crippen molar-refractivity contribution >= 4 is 5.97 Å². The van der Waals surface area contributed by atoms with Crippen molar-refractivity contribution in [3.8, 4) is 0 Å². The highest BCUT2D eigenvalue weighted by Gasteiger charge is 2.46. The van der Waals surface area contributed by atoms with Gasteiger partial charge < -0.3 is 10.5 Å². The summed E-state index contributed by atoms with van der Waals surface area (Å²) in [5.74, 6) is 1.59. The largest absolute Gasteiger partial charge is 0.468 e. The molecule has 0 spiro atoms. The molecule has 3 fully saturated rings. The molecule has 4 heteroatoms. The number of rotatable bonds is 6. The Morgan fingerprint density at radius 1 is 1.21 bits per heavy atom. The first-order chi connectivity index (χ1) is 9.10. The Hall–Kier alpha value is -0.610. The van der Waals surface area contributed by atoms with Gasteiger partial charge in [0.05, 0.1) is 7.11 Å². The minimum Gasteiger partial charge on any atom is -0.468 e. The van der Waals surface area contributed by atoms with Crippen LogP contribution in [0.2, 0.25) is 0 Å². The van der Waals surface area contributed by atoms with Gasteiger partial charge in [-0.15, -0.1) is 0 Å². The van der Waals surface area contributed by atoms with E-state index in [-0.39, 0.29) is 5.97 Å². The summed E-state index contributed by atoms with van der Waals surface area (Å²) in [5, 5.41) is 0. The van der Waals surface area contributed by atoms with Gasteiger partial charge in [-0.05, 0) is 56.8 Å². The zero-order valence-electron chi connectivity index (χ0n) is 11.9. The third kappa shape index (κ3) is 3.11. The number of carbonyl (C=O) groups is 1. The van der Waals surface area contributed by atoms with Crippen LogP contribution in [0, 0.1) is 11.8 Å². The van der Waals surface area contributed by atoms with Gasteiger partial charge in [0.1, 0.15) is 5.54 Å². The summed E-state index contributed by atoms with van der Waals surface area (Å²) in [6.45, 7) is 2.44. The minimum absolute atomic E-state index is 0.229. The summed E-state index contributed by atoms with van der Waals surface area (Å²) >= 11 is 0. The third-order valence-electron chi connectivity index (χ3n) is 5.01. The molecule has 108 valence electrons. The molecule has 3 aliphatic rings. The fraction of sp³-hybridized carbons (Fsp3) is 0.933. The highest BCUT2D eigenvalue weighted by atomic mass is 16.5. The SMILES string of the molecule is COC(=O)C1(N)CCC(N(CC2CC2)CC2CC2)C1. The van der Waals surface area contributed by atoms with Crippen molar-refractivity contribution in [2.75, 3.05) is 20.2 Å². The number of nitrogens with two attached hydrogens (primary N) is 1. The van der Waals surface area contributed by atoms with Crippen LogP contribution in [0.5, 0.6) is 0 Å². The Bertz CT molecular complexity index is 338. The molecule has 3 aliphatic carbocycles. The summed E-state index contributed by atoms with van der Waals surface area (Å²) in [4.78, 5) is 14.4. The predicted octanol–water partition coefficient (Wildman–Crippen LogP) is 1.53. The van der Waals surface area contributed by atoms with E-state index >= 15 is 0 Å². The summed E-state index contributed by atoms with van der Waals surface area (Å²) < 4.78 is 4.87. The fourth-order valence-electron chi connectivity index (χ4n) is 3.39. The molecule has 0 aromatic rings. The topological polar surface area (TPSA) is 55.6 Å². The van der Waals surface area contributed by atoms with Gasteiger partial charge in [-0.2, -0.15) is 0 Å². The molecule has 2 atom stereocenters. The van der Waals surface area contributed by atoms with E-state index in [0.717, 1.165) is 31.1 Å². The molecule has 0 saturated heterocycles. The number of methoxy groups -OCH3 is 1. The minimum atomic E-state index is -0.731. The Morgan fingerprint density at radius 2 is 1.79 bits per heavy atom. The monoisotopic (exact) mass is 266 g/mol. The van der Waals surface area contributed by atoms with E-state index in [1.165, 1.54) is 45.9 Å². The molecule has 3 rings (SSSR count). The molecule has 0 radical (unpaired) electrons. The van der Waals surface area contributed by atoms with Crippen molar-refractivity contribution in [2.45, 2.75) is 56.5 Å². The molecule has 19 heavy (non-hydrogen) atoms. The molecule has 0 amide bonds. The molecule has 0 bridgehead atoms. The second-order valence-corrected chi connectivity index (χ2v) is 6.88. The lowest BCUT2D eigenvalue weighted by atomic mass is 9.99. The van der Waals surface area contributed by atoms with Gasteiger partial charge in [0.2, 0.25) is 0 Å². The van der Waals surface area contributed by atoms with Crippen molar-refractivity contribution in [3.63, 3.8) is 0 Å². The van der Waals surface area contributed by atoms with E-state index in [0.29, 0.717) is 6.04 Å². The molecule has 0 aromatic heterocycles. The Kier molecular flexibility index (Phi) is 3.56. The van der Waals surface area contributed by atoms with Crippen molar-refractivity contribution < 1.29 is 9.53 Å². The van der Waals surface area contributed by atoms with Gasteiger partial charge in [-0.25, -0.2) is 0 Å². The molecule has 0 heterocycles. The Labute approximate surface area is 115 Å². The van der Waals surface area contributed by atoms with E-state index in [9.17, 15) is 4.79 Å². The first-order valence-electron chi connectivity index (χ1n) is 7.72. The molecular formula is C15H26N2O2. The summed E-state index contributed by atoms with van der Waals surface area (Å²) in [7, 11) is 1.44. The summed E-state index contributed by atoms with van der Waals surface area (Å²) in [5.41, 5.74) is 5.50. The van der Waals surface area contributed by atoms with Crippen LogP contribution in [0.3, 0.4) is 0 Å². The van der Waals surface area contributed by atoms with Crippen molar-refractivity contribution in [3.05, 3.63) is 0 Å². The van der Waals surface area contributed by atoms with Crippen LogP contribution in [-0.4, -0.2) is 42.6 Å².